The topological polar surface area (TPSA) is 54.3 Å². The molecular weight excluding hydrogens is 442 g/mol. The van der Waals surface area contributed by atoms with Crippen molar-refractivity contribution in [2.24, 2.45) is 0 Å². The van der Waals surface area contributed by atoms with E-state index in [1.54, 1.807) is 16.2 Å². The average molecular weight is 478 g/mol. The molecule has 1 atom stereocenters. The van der Waals surface area contributed by atoms with Crippen LogP contribution >= 0.6 is 11.3 Å². The third kappa shape index (κ3) is 3.96. The number of anilines is 1. The van der Waals surface area contributed by atoms with Crippen molar-refractivity contribution in [2.45, 2.75) is 90.8 Å². The molecule has 1 fully saturated rings. The lowest BCUT2D eigenvalue weighted by molar-refractivity contribution is -0.127. The highest BCUT2D eigenvalue weighted by Gasteiger charge is 2.49. The number of nitrogens with zero attached hydrogens (tertiary/aromatic N) is 2. The van der Waals surface area contributed by atoms with Crippen LogP contribution in [-0.2, 0) is 17.8 Å². The lowest BCUT2D eigenvalue weighted by Crippen LogP contribution is -2.65. The van der Waals surface area contributed by atoms with Crippen LogP contribution in [0.15, 0.2) is 30.3 Å². The van der Waals surface area contributed by atoms with Crippen LogP contribution in [0.2, 0.25) is 0 Å². The zero-order valence-electron chi connectivity index (χ0n) is 20.7. The highest BCUT2D eigenvalue weighted by molar-refractivity contribution is 7.19. The molecule has 5 rings (SSSR count). The van der Waals surface area contributed by atoms with Crippen molar-refractivity contribution in [3.05, 3.63) is 52.0 Å². The Morgan fingerprint density at radius 1 is 1.06 bits per heavy atom. The quantitative estimate of drug-likeness (QED) is 0.459. The second-order valence-electron chi connectivity index (χ2n) is 10.4. The van der Waals surface area contributed by atoms with Crippen LogP contribution in [0.25, 0.3) is 10.2 Å². The maximum Gasteiger partial charge on any atom is 0.275 e. The number of carbonyl (C=O) groups is 2. The van der Waals surface area contributed by atoms with Crippen LogP contribution in [0.5, 0.6) is 0 Å². The Morgan fingerprint density at radius 3 is 2.38 bits per heavy atom. The molecule has 3 heterocycles. The zero-order valence-corrected chi connectivity index (χ0v) is 21.6. The molecule has 0 spiro atoms. The fraction of sp³-hybridized carbons (Fsp3) is 0.500. The van der Waals surface area contributed by atoms with Crippen LogP contribution in [0.4, 0.5) is 5.69 Å². The molecule has 0 saturated heterocycles. The van der Waals surface area contributed by atoms with Gasteiger partial charge >= 0.3 is 0 Å². The summed E-state index contributed by atoms with van der Waals surface area (Å²) in [4.78, 5) is 31.1. The first-order valence-corrected chi connectivity index (χ1v) is 13.5. The maximum absolute atomic E-state index is 14.1. The predicted molar refractivity (Wildman–Crippen MR) is 140 cm³/mol. The second-order valence-corrected chi connectivity index (χ2v) is 11.5. The number of hydrogen-bond donors (Lipinski definition) is 1. The summed E-state index contributed by atoms with van der Waals surface area (Å²) in [5.74, 6) is -0.151. The first kappa shape index (κ1) is 23.2. The van der Waals surface area contributed by atoms with E-state index in [1.807, 2.05) is 39.0 Å². The van der Waals surface area contributed by atoms with Gasteiger partial charge in [0, 0.05) is 16.6 Å². The molecule has 3 aromatic rings. The number of aryl methyl sites for hydroxylation is 3. The molecule has 1 N–H and O–H groups in total. The summed E-state index contributed by atoms with van der Waals surface area (Å²) in [7, 11) is 0. The van der Waals surface area contributed by atoms with Crippen LogP contribution in [0.3, 0.4) is 0 Å². The van der Waals surface area contributed by atoms with Gasteiger partial charge in [-0.15, -0.1) is 11.3 Å². The fourth-order valence-electron chi connectivity index (χ4n) is 5.75. The van der Waals surface area contributed by atoms with E-state index in [-0.39, 0.29) is 17.9 Å². The molecule has 6 heteroatoms. The summed E-state index contributed by atoms with van der Waals surface area (Å²) in [5.41, 5.74) is 3.69. The lowest BCUT2D eigenvalue weighted by Gasteiger charge is -2.44. The van der Waals surface area contributed by atoms with Crippen LogP contribution in [-0.4, -0.2) is 28.0 Å². The summed E-state index contributed by atoms with van der Waals surface area (Å²) < 4.78 is 3.20. The Kier molecular flexibility index (Phi) is 6.05. The number of benzene rings is 1. The smallest absolute Gasteiger partial charge is 0.275 e. The van der Waals surface area contributed by atoms with Crippen molar-refractivity contribution >= 4 is 39.1 Å². The predicted octanol–water partition coefficient (Wildman–Crippen LogP) is 6.14. The van der Waals surface area contributed by atoms with Gasteiger partial charge < -0.3 is 9.88 Å². The zero-order chi connectivity index (χ0) is 24.0. The minimum Gasteiger partial charge on any atom is -0.351 e. The van der Waals surface area contributed by atoms with Gasteiger partial charge in [0.1, 0.15) is 11.2 Å². The monoisotopic (exact) mass is 477 g/mol. The summed E-state index contributed by atoms with van der Waals surface area (Å²) in [6.45, 7) is 8.62. The van der Waals surface area contributed by atoms with Crippen molar-refractivity contribution in [2.75, 3.05) is 4.90 Å². The first-order valence-electron chi connectivity index (χ1n) is 12.7. The number of hydrogen-bond acceptors (Lipinski definition) is 3. The Labute approximate surface area is 206 Å². The van der Waals surface area contributed by atoms with Crippen molar-refractivity contribution in [1.82, 2.24) is 9.88 Å². The van der Waals surface area contributed by atoms with E-state index in [0.717, 1.165) is 59.1 Å². The molecule has 1 saturated carbocycles. The Balaban J connectivity index is 1.61. The SMILES string of the molecule is CCc1cc2c(cc3n2CC(C)(C(=O)NC2CCCCCC2)N(c2cc(C)cc(C)c2)C3=O)s1. The van der Waals surface area contributed by atoms with Gasteiger partial charge in [-0.05, 0) is 75.4 Å². The minimum atomic E-state index is -1.02. The van der Waals surface area contributed by atoms with Crippen molar-refractivity contribution in [3.63, 3.8) is 0 Å². The Bertz CT molecular complexity index is 1230. The Morgan fingerprint density at radius 2 is 1.74 bits per heavy atom. The Hall–Kier alpha value is -2.60. The molecule has 2 aromatic heterocycles. The number of aromatic nitrogens is 1. The number of amides is 2. The second kappa shape index (κ2) is 8.88. The normalized spacial score (nSPS) is 21.5. The molecular formula is C28H35N3O2S. The number of nitrogens with one attached hydrogen (secondary N) is 1. The van der Waals surface area contributed by atoms with E-state index in [4.69, 9.17) is 0 Å². The molecule has 1 aromatic carbocycles. The molecule has 0 radical (unpaired) electrons. The van der Waals surface area contributed by atoms with Gasteiger partial charge in [-0.2, -0.15) is 0 Å². The van der Waals surface area contributed by atoms with Crippen molar-refractivity contribution in [1.29, 1.82) is 0 Å². The molecule has 2 amide bonds. The molecule has 34 heavy (non-hydrogen) atoms. The molecule has 1 aliphatic carbocycles. The summed E-state index contributed by atoms with van der Waals surface area (Å²) in [6, 6.07) is 10.5. The van der Waals surface area contributed by atoms with Gasteiger partial charge in [0.2, 0.25) is 5.91 Å². The van der Waals surface area contributed by atoms with Gasteiger partial charge in [-0.1, -0.05) is 38.7 Å². The average Bonchev–Trinajstić information content (AvgIpc) is 3.22. The fourth-order valence-corrected chi connectivity index (χ4v) is 6.79. The van der Waals surface area contributed by atoms with E-state index >= 15 is 0 Å². The molecule has 1 unspecified atom stereocenters. The molecule has 5 nitrogen and oxygen atoms in total. The summed E-state index contributed by atoms with van der Waals surface area (Å²) in [6.07, 6.45) is 7.78. The third-order valence-corrected chi connectivity index (χ3v) is 8.73. The highest BCUT2D eigenvalue weighted by atomic mass is 32.1. The van der Waals surface area contributed by atoms with Crippen LogP contribution in [0, 0.1) is 13.8 Å². The van der Waals surface area contributed by atoms with Gasteiger partial charge in [-0.3, -0.25) is 14.5 Å². The van der Waals surface area contributed by atoms with E-state index < -0.39 is 5.54 Å². The highest BCUT2D eigenvalue weighted by Crippen LogP contribution is 2.39. The van der Waals surface area contributed by atoms with Crippen molar-refractivity contribution < 1.29 is 9.59 Å². The molecule has 2 aliphatic rings. The largest absolute Gasteiger partial charge is 0.351 e. The summed E-state index contributed by atoms with van der Waals surface area (Å²) >= 11 is 1.74. The van der Waals surface area contributed by atoms with Gasteiger partial charge in [-0.25, -0.2) is 0 Å². The lowest BCUT2D eigenvalue weighted by atomic mass is 9.92. The number of rotatable bonds is 4. The molecule has 180 valence electrons. The first-order chi connectivity index (χ1) is 16.3. The van der Waals surface area contributed by atoms with Crippen LogP contribution in [0.1, 0.15) is 78.9 Å². The summed E-state index contributed by atoms with van der Waals surface area (Å²) in [5, 5.41) is 3.36. The standard InChI is InChI=1S/C28H35N3O2S/c1-5-22-15-23-25(34-22)16-24-26(32)31(21-13-18(2)12-19(3)14-21)28(4,17-30(23)24)27(33)29-20-10-8-6-7-9-11-20/h12-16,20H,5-11,17H2,1-4H3,(H,29,33). The number of fused-ring (bicyclic) bond motifs is 3. The maximum atomic E-state index is 14.1. The van der Waals surface area contributed by atoms with Crippen molar-refractivity contribution in [3.8, 4) is 0 Å². The van der Waals surface area contributed by atoms with Gasteiger partial charge in [0.15, 0.2) is 0 Å². The van der Waals surface area contributed by atoms with Gasteiger partial charge in [0.05, 0.1) is 16.8 Å². The third-order valence-electron chi connectivity index (χ3n) is 7.52. The molecule has 0 bridgehead atoms. The number of thiophene rings is 1. The van der Waals surface area contributed by atoms with Gasteiger partial charge in [0.25, 0.3) is 5.91 Å². The minimum absolute atomic E-state index is 0.0506. The van der Waals surface area contributed by atoms with Crippen LogP contribution < -0.4 is 10.2 Å². The van der Waals surface area contributed by atoms with E-state index in [9.17, 15) is 9.59 Å². The van der Waals surface area contributed by atoms with E-state index in [0.29, 0.717) is 12.2 Å². The van der Waals surface area contributed by atoms with E-state index in [2.05, 4.69) is 28.9 Å². The molecule has 1 aliphatic heterocycles. The number of carbonyl (C=O) groups excluding carboxylic acids is 2. The van der Waals surface area contributed by atoms with E-state index in [1.165, 1.54) is 17.7 Å².